The van der Waals surface area contributed by atoms with Gasteiger partial charge in [-0.05, 0) is 48.6 Å². The fourth-order valence-corrected chi connectivity index (χ4v) is 5.32. The Labute approximate surface area is 168 Å². The molecular formula is C19H22N2O3S3. The SMILES string of the molecule is CSc1ccc(CCNS(=O)(=O)c2ccc3c(c2)NC(=O)C[C@H](C)S3)cc1. The van der Waals surface area contributed by atoms with Gasteiger partial charge in [0.05, 0.1) is 10.6 Å². The van der Waals surface area contributed by atoms with Gasteiger partial charge in [-0.2, -0.15) is 0 Å². The summed E-state index contributed by atoms with van der Waals surface area (Å²) in [6.07, 6.45) is 3.04. The van der Waals surface area contributed by atoms with Gasteiger partial charge in [0.2, 0.25) is 15.9 Å². The molecule has 144 valence electrons. The first-order valence-corrected chi connectivity index (χ1v) is 12.2. The monoisotopic (exact) mass is 422 g/mol. The van der Waals surface area contributed by atoms with E-state index in [1.807, 2.05) is 37.4 Å². The number of rotatable bonds is 6. The van der Waals surface area contributed by atoms with E-state index in [0.717, 1.165) is 10.5 Å². The highest BCUT2D eigenvalue weighted by molar-refractivity contribution is 8.00. The summed E-state index contributed by atoms with van der Waals surface area (Å²) in [5.41, 5.74) is 1.64. The number of hydrogen-bond donors (Lipinski definition) is 2. The number of carbonyl (C=O) groups excluding carboxylic acids is 1. The van der Waals surface area contributed by atoms with Crippen molar-refractivity contribution in [2.24, 2.45) is 0 Å². The first kappa shape index (κ1) is 20.3. The summed E-state index contributed by atoms with van der Waals surface area (Å²) >= 11 is 3.25. The molecule has 27 heavy (non-hydrogen) atoms. The van der Waals surface area contributed by atoms with Crippen LogP contribution in [0, 0.1) is 0 Å². The quantitative estimate of drug-likeness (QED) is 0.694. The second kappa shape index (κ2) is 8.68. The van der Waals surface area contributed by atoms with Crippen LogP contribution in [0.3, 0.4) is 0 Å². The van der Waals surface area contributed by atoms with Gasteiger partial charge in [0.15, 0.2) is 0 Å². The fourth-order valence-electron chi connectivity index (χ4n) is 2.80. The lowest BCUT2D eigenvalue weighted by Gasteiger charge is -2.11. The summed E-state index contributed by atoms with van der Waals surface area (Å²) in [5.74, 6) is -0.0926. The number of carbonyl (C=O) groups is 1. The van der Waals surface area contributed by atoms with E-state index in [1.165, 1.54) is 11.0 Å². The molecule has 0 spiro atoms. The third kappa shape index (κ3) is 5.28. The molecule has 0 radical (unpaired) electrons. The second-order valence-corrected chi connectivity index (χ2v) is 10.5. The summed E-state index contributed by atoms with van der Waals surface area (Å²) < 4.78 is 27.9. The maximum absolute atomic E-state index is 12.6. The van der Waals surface area contributed by atoms with E-state index < -0.39 is 10.0 Å². The summed E-state index contributed by atoms with van der Waals surface area (Å²) in [6.45, 7) is 2.30. The molecule has 1 atom stereocenters. The topological polar surface area (TPSA) is 75.3 Å². The van der Waals surface area contributed by atoms with Crippen LogP contribution in [0.4, 0.5) is 5.69 Å². The molecule has 1 aliphatic heterocycles. The van der Waals surface area contributed by atoms with Crippen molar-refractivity contribution < 1.29 is 13.2 Å². The van der Waals surface area contributed by atoms with Crippen molar-refractivity contribution in [1.82, 2.24) is 4.72 Å². The zero-order valence-electron chi connectivity index (χ0n) is 15.2. The van der Waals surface area contributed by atoms with E-state index >= 15 is 0 Å². The van der Waals surface area contributed by atoms with Crippen LogP contribution in [0.5, 0.6) is 0 Å². The summed E-state index contributed by atoms with van der Waals surface area (Å²) in [6, 6.07) is 13.0. The first-order chi connectivity index (χ1) is 12.9. The lowest BCUT2D eigenvalue weighted by atomic mass is 10.2. The molecular weight excluding hydrogens is 400 g/mol. The molecule has 0 fully saturated rings. The number of nitrogens with one attached hydrogen (secondary N) is 2. The van der Waals surface area contributed by atoms with Crippen molar-refractivity contribution in [2.75, 3.05) is 18.1 Å². The van der Waals surface area contributed by atoms with Gasteiger partial charge >= 0.3 is 0 Å². The summed E-state index contributed by atoms with van der Waals surface area (Å²) in [5, 5.41) is 2.96. The smallest absolute Gasteiger partial charge is 0.240 e. The predicted octanol–water partition coefficient (Wildman–Crippen LogP) is 3.75. The zero-order valence-corrected chi connectivity index (χ0v) is 17.6. The fraction of sp³-hybridized carbons (Fsp3) is 0.316. The van der Waals surface area contributed by atoms with E-state index in [-0.39, 0.29) is 16.1 Å². The summed E-state index contributed by atoms with van der Waals surface area (Å²) in [7, 11) is -3.63. The molecule has 0 bridgehead atoms. The molecule has 1 heterocycles. The summed E-state index contributed by atoms with van der Waals surface area (Å²) in [4.78, 5) is 14.1. The maximum atomic E-state index is 12.6. The van der Waals surface area contributed by atoms with Crippen LogP contribution < -0.4 is 10.0 Å². The predicted molar refractivity (Wildman–Crippen MR) is 112 cm³/mol. The Morgan fingerprint density at radius 3 is 2.67 bits per heavy atom. The lowest BCUT2D eigenvalue weighted by Crippen LogP contribution is -2.26. The van der Waals surface area contributed by atoms with Crippen molar-refractivity contribution in [1.29, 1.82) is 0 Å². The molecule has 1 amide bonds. The van der Waals surface area contributed by atoms with Crippen LogP contribution in [0.25, 0.3) is 0 Å². The van der Waals surface area contributed by atoms with Crippen LogP contribution in [0.15, 0.2) is 57.2 Å². The molecule has 2 aromatic rings. The van der Waals surface area contributed by atoms with Gasteiger partial charge in [0, 0.05) is 28.0 Å². The van der Waals surface area contributed by atoms with Gasteiger partial charge in [-0.1, -0.05) is 19.1 Å². The number of hydrogen-bond acceptors (Lipinski definition) is 5. The Kier molecular flexibility index (Phi) is 6.52. The standard InChI is InChI=1S/C19H22N2O3S3/c1-13-11-19(22)21-17-12-16(7-8-18(17)26-13)27(23,24)20-10-9-14-3-5-15(25-2)6-4-14/h3-8,12-13,20H,9-11H2,1-2H3,(H,21,22)/t13-/m0/s1. The molecule has 0 saturated carbocycles. The number of thioether (sulfide) groups is 2. The average Bonchev–Trinajstić information content (AvgIpc) is 2.77. The molecule has 0 aliphatic carbocycles. The average molecular weight is 423 g/mol. The van der Waals surface area contributed by atoms with Crippen molar-refractivity contribution in [3.63, 3.8) is 0 Å². The molecule has 1 aliphatic rings. The van der Waals surface area contributed by atoms with Crippen LogP contribution in [0.2, 0.25) is 0 Å². The molecule has 5 nitrogen and oxygen atoms in total. The number of fused-ring (bicyclic) bond motifs is 1. The molecule has 0 aromatic heterocycles. The van der Waals surface area contributed by atoms with E-state index in [0.29, 0.717) is 25.1 Å². The minimum absolute atomic E-state index is 0.0926. The maximum Gasteiger partial charge on any atom is 0.240 e. The van der Waals surface area contributed by atoms with Crippen molar-refractivity contribution in [3.05, 3.63) is 48.0 Å². The van der Waals surface area contributed by atoms with Gasteiger partial charge in [0.25, 0.3) is 0 Å². The van der Waals surface area contributed by atoms with Crippen molar-refractivity contribution in [2.45, 2.75) is 39.7 Å². The molecule has 2 aromatic carbocycles. The van der Waals surface area contributed by atoms with Gasteiger partial charge in [0.1, 0.15) is 0 Å². The minimum atomic E-state index is -3.63. The first-order valence-electron chi connectivity index (χ1n) is 8.60. The molecule has 8 heteroatoms. The van der Waals surface area contributed by atoms with E-state index in [1.54, 1.807) is 35.7 Å². The Hall–Kier alpha value is -1.48. The van der Waals surface area contributed by atoms with Gasteiger partial charge in [-0.3, -0.25) is 4.79 Å². The van der Waals surface area contributed by atoms with Crippen molar-refractivity contribution >= 4 is 45.1 Å². The second-order valence-electron chi connectivity index (χ2n) is 6.33. The van der Waals surface area contributed by atoms with Crippen LogP contribution in [0.1, 0.15) is 18.9 Å². The largest absolute Gasteiger partial charge is 0.325 e. The third-order valence-corrected chi connectivity index (χ3v) is 7.58. The third-order valence-electron chi connectivity index (χ3n) is 4.20. The Morgan fingerprint density at radius 2 is 1.96 bits per heavy atom. The van der Waals surface area contributed by atoms with Gasteiger partial charge in [-0.25, -0.2) is 13.1 Å². The van der Waals surface area contributed by atoms with Crippen molar-refractivity contribution in [3.8, 4) is 0 Å². The van der Waals surface area contributed by atoms with E-state index in [9.17, 15) is 13.2 Å². The van der Waals surface area contributed by atoms with E-state index in [2.05, 4.69) is 10.0 Å². The normalized spacial score (nSPS) is 17.1. The molecule has 3 rings (SSSR count). The zero-order chi connectivity index (χ0) is 19.4. The number of benzene rings is 2. The molecule has 2 N–H and O–H groups in total. The molecule has 0 saturated heterocycles. The Balaban J connectivity index is 1.68. The Bertz CT molecular complexity index is 928. The van der Waals surface area contributed by atoms with Gasteiger partial charge < -0.3 is 5.32 Å². The minimum Gasteiger partial charge on any atom is -0.325 e. The van der Waals surface area contributed by atoms with Crippen LogP contribution in [-0.2, 0) is 21.2 Å². The highest BCUT2D eigenvalue weighted by Crippen LogP contribution is 2.36. The number of anilines is 1. The molecule has 0 unspecified atom stereocenters. The Morgan fingerprint density at radius 1 is 1.22 bits per heavy atom. The number of amides is 1. The highest BCUT2D eigenvalue weighted by Gasteiger charge is 2.22. The van der Waals surface area contributed by atoms with Crippen LogP contribution in [-0.4, -0.2) is 32.4 Å². The van der Waals surface area contributed by atoms with E-state index in [4.69, 9.17) is 0 Å². The highest BCUT2D eigenvalue weighted by atomic mass is 32.2. The lowest BCUT2D eigenvalue weighted by molar-refractivity contribution is -0.116. The van der Waals surface area contributed by atoms with Gasteiger partial charge in [-0.15, -0.1) is 23.5 Å². The number of sulfonamides is 1. The van der Waals surface area contributed by atoms with Crippen LogP contribution >= 0.6 is 23.5 Å².